The number of carbonyl (C=O) groups is 2. The van der Waals surface area contributed by atoms with E-state index in [0.717, 1.165) is 37.6 Å². The van der Waals surface area contributed by atoms with Gasteiger partial charge in [-0.1, -0.05) is 30.3 Å². The maximum Gasteiger partial charge on any atom is 0.279 e. The van der Waals surface area contributed by atoms with Crippen LogP contribution in [0.3, 0.4) is 0 Å². The largest absolute Gasteiger partial charge is 0.358 e. The van der Waals surface area contributed by atoms with Gasteiger partial charge in [0.25, 0.3) is 5.91 Å². The van der Waals surface area contributed by atoms with E-state index in [1.165, 1.54) is 0 Å². The van der Waals surface area contributed by atoms with E-state index in [4.69, 9.17) is 0 Å². The first-order chi connectivity index (χ1) is 13.0. The van der Waals surface area contributed by atoms with Crippen molar-refractivity contribution in [2.45, 2.75) is 11.8 Å². The van der Waals surface area contributed by atoms with Crippen LogP contribution < -0.4 is 10.2 Å². The average molecular weight is 383 g/mol. The number of hydrogen-bond donors (Lipinski definition) is 3. The number of carbonyl (C=O) groups excluding carboxylic acids is 2. The highest BCUT2D eigenvalue weighted by atomic mass is 32.2. The lowest BCUT2D eigenvalue weighted by molar-refractivity contribution is -0.861. The molecular formula is C21H24N3O2S+. The second kappa shape index (κ2) is 8.41. The van der Waals surface area contributed by atoms with Crippen molar-refractivity contribution >= 4 is 40.0 Å². The second-order valence-electron chi connectivity index (χ2n) is 6.65. The van der Waals surface area contributed by atoms with Crippen LogP contribution in [0.15, 0.2) is 53.4 Å². The minimum Gasteiger partial charge on any atom is -0.358 e. The van der Waals surface area contributed by atoms with Gasteiger partial charge in [-0.15, -0.1) is 11.8 Å². The molecule has 0 aliphatic rings. The highest BCUT2D eigenvalue weighted by molar-refractivity contribution is 7.98. The second-order valence-corrected chi connectivity index (χ2v) is 7.50. The van der Waals surface area contributed by atoms with Crippen LogP contribution in [-0.4, -0.2) is 43.1 Å². The fraction of sp³-hybridized carbons (Fsp3) is 0.238. The molecule has 3 aromatic rings. The number of amides is 1. The number of thioether (sulfide) groups is 1. The highest BCUT2D eigenvalue weighted by Gasteiger charge is 2.21. The maximum atomic E-state index is 12.8. The van der Waals surface area contributed by atoms with Crippen LogP contribution in [0, 0.1) is 6.92 Å². The summed E-state index contributed by atoms with van der Waals surface area (Å²) in [5.41, 5.74) is 3.36. The summed E-state index contributed by atoms with van der Waals surface area (Å²) in [4.78, 5) is 30.3. The number of H-pyrrole nitrogens is 1. The number of para-hydroxylation sites is 2. The van der Waals surface area contributed by atoms with Crippen LogP contribution in [0.2, 0.25) is 0 Å². The Labute approximate surface area is 163 Å². The number of nitrogens with one attached hydrogen (secondary N) is 3. The van der Waals surface area contributed by atoms with Gasteiger partial charge in [0.1, 0.15) is 6.54 Å². The van der Waals surface area contributed by atoms with Crippen molar-refractivity contribution in [3.8, 4) is 0 Å². The third-order valence-electron chi connectivity index (χ3n) is 4.48. The minimum absolute atomic E-state index is 0.0414. The summed E-state index contributed by atoms with van der Waals surface area (Å²) >= 11 is 1.59. The van der Waals surface area contributed by atoms with Gasteiger partial charge in [-0.05, 0) is 31.4 Å². The van der Waals surface area contributed by atoms with Crippen LogP contribution in [0.25, 0.3) is 10.9 Å². The number of hydrogen-bond acceptors (Lipinski definition) is 3. The number of benzene rings is 2. The van der Waals surface area contributed by atoms with Gasteiger partial charge in [0.15, 0.2) is 6.54 Å². The molecule has 1 atom stereocenters. The molecule has 3 N–H and O–H groups in total. The fourth-order valence-corrected chi connectivity index (χ4v) is 3.83. The van der Waals surface area contributed by atoms with E-state index in [0.29, 0.717) is 0 Å². The van der Waals surface area contributed by atoms with E-state index in [-0.39, 0.29) is 24.8 Å². The van der Waals surface area contributed by atoms with Crippen molar-refractivity contribution in [3.05, 3.63) is 59.8 Å². The summed E-state index contributed by atoms with van der Waals surface area (Å²) in [5.74, 6) is -0.0581. The van der Waals surface area contributed by atoms with Crippen LogP contribution in [0.1, 0.15) is 16.1 Å². The molecule has 5 nitrogen and oxygen atoms in total. The molecule has 1 unspecified atom stereocenters. The van der Waals surface area contributed by atoms with Crippen molar-refractivity contribution in [2.75, 3.05) is 31.7 Å². The SMILES string of the molecule is CSc1ccccc1NC(=O)C[NH+](C)CC(=O)c1c(C)[nH]c2ccccc12. The van der Waals surface area contributed by atoms with Crippen molar-refractivity contribution in [2.24, 2.45) is 0 Å². The Kier molecular flexibility index (Phi) is 5.98. The molecule has 0 aliphatic heterocycles. The van der Waals surface area contributed by atoms with E-state index in [1.807, 2.05) is 68.8 Å². The number of aryl methyl sites for hydroxylation is 1. The topological polar surface area (TPSA) is 66.4 Å². The molecule has 6 heteroatoms. The number of aromatic nitrogens is 1. The van der Waals surface area contributed by atoms with Crippen molar-refractivity contribution in [1.29, 1.82) is 0 Å². The van der Waals surface area contributed by atoms with Crippen LogP contribution in [-0.2, 0) is 4.79 Å². The summed E-state index contributed by atoms with van der Waals surface area (Å²) in [5, 5.41) is 3.88. The Hall–Kier alpha value is -2.57. The van der Waals surface area contributed by atoms with Gasteiger partial charge >= 0.3 is 0 Å². The number of anilines is 1. The van der Waals surface area contributed by atoms with Crippen molar-refractivity contribution in [3.63, 3.8) is 0 Å². The molecule has 0 saturated heterocycles. The number of rotatable bonds is 7. The van der Waals surface area contributed by atoms with E-state index < -0.39 is 0 Å². The van der Waals surface area contributed by atoms with Gasteiger partial charge in [0.2, 0.25) is 5.78 Å². The number of Topliss-reactive ketones (excluding diaryl/α,β-unsaturated/α-hetero) is 1. The summed E-state index contributed by atoms with van der Waals surface area (Å²) in [6.45, 7) is 2.41. The first kappa shape index (κ1) is 19.2. The predicted octanol–water partition coefficient (Wildman–Crippen LogP) is 2.53. The predicted molar refractivity (Wildman–Crippen MR) is 111 cm³/mol. The highest BCUT2D eigenvalue weighted by Crippen LogP contribution is 2.24. The van der Waals surface area contributed by atoms with Gasteiger partial charge in [0, 0.05) is 21.5 Å². The zero-order valence-electron chi connectivity index (χ0n) is 15.8. The fourth-order valence-electron chi connectivity index (χ4n) is 3.28. The third-order valence-corrected chi connectivity index (χ3v) is 5.27. The average Bonchev–Trinajstić information content (AvgIpc) is 2.97. The van der Waals surface area contributed by atoms with Crippen molar-refractivity contribution in [1.82, 2.24) is 4.98 Å². The molecule has 3 rings (SSSR count). The lowest BCUT2D eigenvalue weighted by Crippen LogP contribution is -3.11. The molecule has 0 spiro atoms. The Morgan fingerprint density at radius 1 is 1.07 bits per heavy atom. The lowest BCUT2D eigenvalue weighted by atomic mass is 10.1. The molecule has 1 amide bonds. The number of aromatic amines is 1. The monoisotopic (exact) mass is 382 g/mol. The van der Waals surface area contributed by atoms with Crippen LogP contribution in [0.5, 0.6) is 0 Å². The van der Waals surface area contributed by atoms with E-state index in [2.05, 4.69) is 10.3 Å². The van der Waals surface area contributed by atoms with Crippen molar-refractivity contribution < 1.29 is 14.5 Å². The standard InChI is InChI=1S/C21H23N3O2S/c1-14-21(15-8-4-5-9-16(15)22-14)18(25)12-24(2)13-20(26)23-17-10-6-7-11-19(17)27-3/h4-11,22H,12-13H2,1-3H3,(H,23,26)/p+1. The number of likely N-dealkylation sites (N-methyl/N-ethyl adjacent to an activating group) is 1. The molecule has 2 aromatic carbocycles. The Balaban J connectivity index is 1.64. The lowest BCUT2D eigenvalue weighted by Gasteiger charge is -2.14. The van der Waals surface area contributed by atoms with Gasteiger partial charge in [-0.25, -0.2) is 0 Å². The van der Waals surface area contributed by atoms with E-state index in [1.54, 1.807) is 11.8 Å². The maximum absolute atomic E-state index is 12.8. The molecule has 1 heterocycles. The molecule has 0 aliphatic carbocycles. The zero-order chi connectivity index (χ0) is 19.4. The van der Waals surface area contributed by atoms with Gasteiger partial charge in [-0.3, -0.25) is 9.59 Å². The molecule has 1 aromatic heterocycles. The van der Waals surface area contributed by atoms with Crippen LogP contribution in [0.4, 0.5) is 5.69 Å². The summed E-state index contributed by atoms with van der Waals surface area (Å²) in [6, 6.07) is 15.5. The summed E-state index contributed by atoms with van der Waals surface area (Å²) < 4.78 is 0. The Morgan fingerprint density at radius 2 is 1.78 bits per heavy atom. The first-order valence-corrected chi connectivity index (χ1v) is 10.1. The van der Waals surface area contributed by atoms with Crippen LogP contribution >= 0.6 is 11.8 Å². The molecule has 140 valence electrons. The molecule has 0 fully saturated rings. The summed E-state index contributed by atoms with van der Waals surface area (Å²) in [7, 11) is 1.86. The third kappa shape index (κ3) is 4.40. The molecule has 0 saturated carbocycles. The molecule has 27 heavy (non-hydrogen) atoms. The minimum atomic E-state index is -0.0996. The normalized spacial score (nSPS) is 12.1. The molecule has 0 radical (unpaired) electrons. The van der Waals surface area contributed by atoms with Gasteiger partial charge < -0.3 is 15.2 Å². The first-order valence-electron chi connectivity index (χ1n) is 8.84. The van der Waals surface area contributed by atoms with E-state index in [9.17, 15) is 9.59 Å². The van der Waals surface area contributed by atoms with E-state index >= 15 is 0 Å². The number of ketones is 1. The molecule has 0 bridgehead atoms. The van der Waals surface area contributed by atoms with Gasteiger partial charge in [0.05, 0.1) is 18.3 Å². The Morgan fingerprint density at radius 3 is 2.56 bits per heavy atom. The zero-order valence-corrected chi connectivity index (χ0v) is 16.6. The number of fused-ring (bicyclic) bond motifs is 1. The summed E-state index contributed by atoms with van der Waals surface area (Å²) in [6.07, 6.45) is 1.98. The quantitative estimate of drug-likeness (QED) is 0.435. The molecular weight excluding hydrogens is 358 g/mol. The van der Waals surface area contributed by atoms with Gasteiger partial charge in [-0.2, -0.15) is 0 Å². The number of quaternary nitrogens is 1. The smallest absolute Gasteiger partial charge is 0.279 e. The Bertz CT molecular complexity index is 980.